The van der Waals surface area contributed by atoms with Crippen molar-refractivity contribution < 1.29 is 0 Å². The van der Waals surface area contributed by atoms with Crippen molar-refractivity contribution in [1.29, 1.82) is 0 Å². The minimum absolute atomic E-state index is 0.0962. The van der Waals surface area contributed by atoms with Gasteiger partial charge in [0.2, 0.25) is 5.95 Å². The van der Waals surface area contributed by atoms with Crippen molar-refractivity contribution in [2.24, 2.45) is 7.05 Å². The third-order valence-electron chi connectivity index (χ3n) is 2.51. The molecule has 7 nitrogen and oxygen atoms in total. The van der Waals surface area contributed by atoms with Gasteiger partial charge in [0.15, 0.2) is 11.2 Å². The Hall–Kier alpha value is -2.05. The zero-order chi connectivity index (χ0) is 12.0. The van der Waals surface area contributed by atoms with Crippen LogP contribution in [-0.2, 0) is 7.05 Å². The number of aromatic nitrogens is 4. The zero-order valence-electron chi connectivity index (χ0n) is 9.31. The summed E-state index contributed by atoms with van der Waals surface area (Å²) in [6.07, 6.45) is 0. The van der Waals surface area contributed by atoms with Crippen LogP contribution in [0.15, 0.2) is 9.59 Å². The Balaban J connectivity index is 3.08. The molecule has 0 amide bonds. The van der Waals surface area contributed by atoms with Gasteiger partial charge in [0.25, 0.3) is 5.56 Å². The van der Waals surface area contributed by atoms with Crippen molar-refractivity contribution in [3.63, 3.8) is 0 Å². The molecule has 7 heteroatoms. The van der Waals surface area contributed by atoms with Gasteiger partial charge in [-0.2, -0.15) is 4.98 Å². The fourth-order valence-electron chi connectivity index (χ4n) is 1.71. The molecule has 3 N–H and O–H groups in total. The molecule has 0 fully saturated rings. The number of nitrogens with zero attached hydrogens (tertiary/aromatic N) is 3. The molecule has 0 aromatic carbocycles. The lowest BCUT2D eigenvalue weighted by molar-refractivity contribution is 0.580. The van der Waals surface area contributed by atoms with Crippen LogP contribution in [0, 0.1) is 0 Å². The molecular formula is C9H13N5O2. The van der Waals surface area contributed by atoms with E-state index in [1.54, 1.807) is 7.05 Å². The lowest BCUT2D eigenvalue weighted by Gasteiger charge is -2.08. The van der Waals surface area contributed by atoms with E-state index in [9.17, 15) is 9.59 Å². The van der Waals surface area contributed by atoms with Crippen molar-refractivity contribution in [2.45, 2.75) is 19.9 Å². The Morgan fingerprint density at radius 3 is 2.56 bits per heavy atom. The highest BCUT2D eigenvalue weighted by Gasteiger charge is 2.16. The second-order valence-corrected chi connectivity index (χ2v) is 3.92. The number of aromatic amines is 1. The predicted octanol–water partition coefficient (Wildman–Crippen LogP) is -0.414. The molecule has 2 heterocycles. The number of aryl methyl sites for hydroxylation is 1. The smallest absolute Gasteiger partial charge is 0.330 e. The number of nitrogens with one attached hydrogen (secondary N) is 1. The lowest BCUT2D eigenvalue weighted by Crippen LogP contribution is -2.31. The number of nitrogens with two attached hydrogens (primary N) is 1. The van der Waals surface area contributed by atoms with Crippen LogP contribution in [0.2, 0.25) is 0 Å². The highest BCUT2D eigenvalue weighted by molar-refractivity contribution is 5.73. The Morgan fingerprint density at radius 1 is 1.38 bits per heavy atom. The van der Waals surface area contributed by atoms with Crippen LogP contribution in [0.3, 0.4) is 0 Å². The zero-order valence-corrected chi connectivity index (χ0v) is 9.31. The fourth-order valence-corrected chi connectivity index (χ4v) is 1.71. The summed E-state index contributed by atoms with van der Waals surface area (Å²) in [5, 5.41) is 0. The second kappa shape index (κ2) is 3.22. The van der Waals surface area contributed by atoms with Crippen LogP contribution in [0.25, 0.3) is 11.2 Å². The molecule has 2 aromatic heterocycles. The molecule has 86 valence electrons. The summed E-state index contributed by atoms with van der Waals surface area (Å²) >= 11 is 0. The maximum atomic E-state index is 11.6. The summed E-state index contributed by atoms with van der Waals surface area (Å²) in [5.41, 5.74) is 5.32. The predicted molar refractivity (Wildman–Crippen MR) is 60.4 cm³/mol. The first-order valence-corrected chi connectivity index (χ1v) is 4.90. The third-order valence-corrected chi connectivity index (χ3v) is 2.51. The van der Waals surface area contributed by atoms with E-state index >= 15 is 0 Å². The molecule has 0 aliphatic rings. The summed E-state index contributed by atoms with van der Waals surface area (Å²) in [7, 11) is 1.63. The third kappa shape index (κ3) is 1.24. The number of imidazole rings is 1. The van der Waals surface area contributed by atoms with Gasteiger partial charge in [-0.3, -0.25) is 14.3 Å². The molecule has 2 rings (SSSR count). The van der Waals surface area contributed by atoms with Gasteiger partial charge >= 0.3 is 5.69 Å². The van der Waals surface area contributed by atoms with E-state index < -0.39 is 11.2 Å². The standard InChI is InChI=1S/C9H13N5O2/c1-4(2)14-6-5(7(15)12-9(14)16)13(3)8(10)11-6/h4H,1-3H3,(H2,10,11)(H,12,15,16). The quantitative estimate of drug-likeness (QED) is 0.686. The van der Waals surface area contributed by atoms with Crippen LogP contribution in [0.5, 0.6) is 0 Å². The lowest BCUT2D eigenvalue weighted by atomic mass is 10.4. The van der Waals surface area contributed by atoms with E-state index in [-0.39, 0.29) is 12.0 Å². The molecule has 0 saturated carbocycles. The minimum Gasteiger partial charge on any atom is -0.369 e. The summed E-state index contributed by atoms with van der Waals surface area (Å²) < 4.78 is 2.87. The normalized spacial score (nSPS) is 11.5. The highest BCUT2D eigenvalue weighted by atomic mass is 16.2. The van der Waals surface area contributed by atoms with Crippen molar-refractivity contribution >= 4 is 17.1 Å². The number of hydrogen-bond donors (Lipinski definition) is 2. The molecule has 0 spiro atoms. The number of nitrogen functional groups attached to an aromatic ring is 1. The molecule has 0 atom stereocenters. The summed E-state index contributed by atoms with van der Waals surface area (Å²) in [5.74, 6) is 0.209. The average Bonchev–Trinajstić information content (AvgIpc) is 2.42. The van der Waals surface area contributed by atoms with Crippen LogP contribution in [-0.4, -0.2) is 19.1 Å². The van der Waals surface area contributed by atoms with E-state index in [1.165, 1.54) is 9.13 Å². The van der Waals surface area contributed by atoms with E-state index in [1.807, 2.05) is 13.8 Å². The Bertz CT molecular complexity index is 661. The number of hydrogen-bond acceptors (Lipinski definition) is 4. The molecule has 0 bridgehead atoms. The van der Waals surface area contributed by atoms with Gasteiger partial charge in [0, 0.05) is 13.1 Å². The first kappa shape index (κ1) is 10.5. The molecule has 0 radical (unpaired) electrons. The van der Waals surface area contributed by atoms with Gasteiger partial charge < -0.3 is 10.3 Å². The van der Waals surface area contributed by atoms with E-state index in [4.69, 9.17) is 5.73 Å². The van der Waals surface area contributed by atoms with Crippen LogP contribution >= 0.6 is 0 Å². The largest absolute Gasteiger partial charge is 0.369 e. The SMILES string of the molecule is CC(C)n1c(=O)[nH]c(=O)c2c1nc(N)n2C. The van der Waals surface area contributed by atoms with E-state index in [0.717, 1.165) is 0 Å². The molecule has 0 unspecified atom stereocenters. The summed E-state index contributed by atoms with van der Waals surface area (Å²) in [4.78, 5) is 29.5. The Labute approximate surface area is 90.5 Å². The van der Waals surface area contributed by atoms with Gasteiger partial charge in [-0.1, -0.05) is 0 Å². The average molecular weight is 223 g/mol. The molecule has 0 aliphatic heterocycles. The van der Waals surface area contributed by atoms with Gasteiger partial charge in [0.1, 0.15) is 0 Å². The second-order valence-electron chi connectivity index (χ2n) is 3.92. The minimum atomic E-state index is -0.469. The van der Waals surface area contributed by atoms with Crippen LogP contribution in [0.1, 0.15) is 19.9 Å². The van der Waals surface area contributed by atoms with Crippen LogP contribution < -0.4 is 17.0 Å². The van der Waals surface area contributed by atoms with Crippen molar-refractivity contribution in [3.05, 3.63) is 20.8 Å². The van der Waals surface area contributed by atoms with Gasteiger partial charge in [-0.15, -0.1) is 0 Å². The van der Waals surface area contributed by atoms with Crippen molar-refractivity contribution in [2.75, 3.05) is 5.73 Å². The molecule has 2 aromatic rings. The van der Waals surface area contributed by atoms with E-state index in [0.29, 0.717) is 11.2 Å². The topological polar surface area (TPSA) is 98.7 Å². The number of rotatable bonds is 1. The first-order valence-electron chi connectivity index (χ1n) is 4.90. The fraction of sp³-hybridized carbons (Fsp3) is 0.444. The number of anilines is 1. The maximum Gasteiger partial charge on any atom is 0.330 e. The maximum absolute atomic E-state index is 11.6. The highest BCUT2D eigenvalue weighted by Crippen LogP contribution is 2.13. The number of H-pyrrole nitrogens is 1. The van der Waals surface area contributed by atoms with E-state index in [2.05, 4.69) is 9.97 Å². The molecule has 16 heavy (non-hydrogen) atoms. The first-order chi connectivity index (χ1) is 7.43. The number of fused-ring (bicyclic) bond motifs is 1. The van der Waals surface area contributed by atoms with Gasteiger partial charge in [-0.05, 0) is 13.8 Å². The Kier molecular flexibility index (Phi) is 2.11. The molecule has 0 saturated heterocycles. The van der Waals surface area contributed by atoms with Crippen molar-refractivity contribution in [1.82, 2.24) is 19.1 Å². The summed E-state index contributed by atoms with van der Waals surface area (Å²) in [6, 6.07) is -0.0962. The molecular weight excluding hydrogens is 210 g/mol. The van der Waals surface area contributed by atoms with Crippen LogP contribution in [0.4, 0.5) is 5.95 Å². The van der Waals surface area contributed by atoms with Crippen molar-refractivity contribution in [3.8, 4) is 0 Å². The van der Waals surface area contributed by atoms with Gasteiger partial charge in [-0.25, -0.2) is 4.79 Å². The monoisotopic (exact) mass is 223 g/mol. The summed E-state index contributed by atoms with van der Waals surface area (Å²) in [6.45, 7) is 3.67. The van der Waals surface area contributed by atoms with Gasteiger partial charge in [0.05, 0.1) is 0 Å². The molecule has 0 aliphatic carbocycles. The Morgan fingerprint density at radius 2 is 2.00 bits per heavy atom.